The van der Waals surface area contributed by atoms with Crippen molar-refractivity contribution < 1.29 is 9.53 Å². The fourth-order valence-electron chi connectivity index (χ4n) is 5.95. The second-order valence-electron chi connectivity index (χ2n) is 8.26. The Hall–Kier alpha value is -1.58. The van der Waals surface area contributed by atoms with Crippen LogP contribution >= 0.6 is 0 Å². The summed E-state index contributed by atoms with van der Waals surface area (Å²) in [6, 6.07) is 3.82. The molecule has 1 heterocycles. The van der Waals surface area contributed by atoms with Crippen molar-refractivity contribution in [2.75, 3.05) is 6.61 Å². The van der Waals surface area contributed by atoms with Crippen molar-refractivity contribution in [1.29, 1.82) is 0 Å². The molecule has 0 aromatic carbocycles. The van der Waals surface area contributed by atoms with Gasteiger partial charge in [-0.15, -0.1) is 0 Å². The van der Waals surface area contributed by atoms with Crippen molar-refractivity contribution in [3.63, 3.8) is 0 Å². The van der Waals surface area contributed by atoms with Crippen LogP contribution in [0.2, 0.25) is 0 Å². The summed E-state index contributed by atoms with van der Waals surface area (Å²) >= 11 is 0. The number of carbonyl (C=O) groups is 1. The molecule has 5 rings (SSSR count). The van der Waals surface area contributed by atoms with Gasteiger partial charge in [0.2, 0.25) is 5.88 Å². The van der Waals surface area contributed by atoms with E-state index in [2.05, 4.69) is 17.2 Å². The van der Waals surface area contributed by atoms with Crippen molar-refractivity contribution in [2.24, 2.45) is 23.2 Å². The van der Waals surface area contributed by atoms with Gasteiger partial charge in [0.15, 0.2) is 0 Å². The van der Waals surface area contributed by atoms with Gasteiger partial charge >= 0.3 is 0 Å². The molecular weight excluding hydrogens is 300 g/mol. The monoisotopic (exact) mass is 328 g/mol. The molecule has 4 saturated carbocycles. The van der Waals surface area contributed by atoms with E-state index in [0.29, 0.717) is 23.5 Å². The molecule has 130 valence electrons. The second kappa shape index (κ2) is 6.05. The molecule has 0 radical (unpaired) electrons. The Morgan fingerprint density at radius 1 is 1.29 bits per heavy atom. The number of carbonyl (C=O) groups excluding carboxylic acids is 1. The van der Waals surface area contributed by atoms with Gasteiger partial charge in [0.1, 0.15) is 5.56 Å². The van der Waals surface area contributed by atoms with E-state index < -0.39 is 0 Å². The minimum absolute atomic E-state index is 0.0465. The molecule has 0 saturated heterocycles. The number of pyridine rings is 1. The zero-order chi connectivity index (χ0) is 16.7. The van der Waals surface area contributed by atoms with Crippen molar-refractivity contribution in [3.8, 4) is 5.88 Å². The van der Waals surface area contributed by atoms with E-state index in [9.17, 15) is 4.79 Å². The van der Waals surface area contributed by atoms with Crippen LogP contribution < -0.4 is 10.1 Å². The predicted molar refractivity (Wildman–Crippen MR) is 92.9 cm³/mol. The van der Waals surface area contributed by atoms with Crippen molar-refractivity contribution in [3.05, 3.63) is 23.9 Å². The molecule has 0 spiro atoms. The minimum Gasteiger partial charge on any atom is -0.477 e. The van der Waals surface area contributed by atoms with Gasteiger partial charge < -0.3 is 10.1 Å². The zero-order valence-electron chi connectivity index (χ0n) is 14.8. The van der Waals surface area contributed by atoms with Crippen molar-refractivity contribution in [1.82, 2.24) is 10.3 Å². The molecule has 4 fully saturated rings. The number of ether oxygens (including phenoxy) is 1. The average Bonchev–Trinajstić information content (AvgIpc) is 2.54. The maximum atomic E-state index is 12.8. The number of nitrogens with one attached hydrogen (secondary N) is 1. The summed E-state index contributed by atoms with van der Waals surface area (Å²) in [6.45, 7) is 4.64. The Kier molecular flexibility index (Phi) is 4.01. The molecule has 1 aromatic heterocycles. The molecular formula is C20H28N2O2. The first-order valence-corrected chi connectivity index (χ1v) is 9.48. The highest BCUT2D eigenvalue weighted by Gasteiger charge is 2.53. The summed E-state index contributed by atoms with van der Waals surface area (Å²) in [6.07, 6.45) is 9.85. The van der Waals surface area contributed by atoms with E-state index in [1.165, 1.54) is 38.5 Å². The van der Waals surface area contributed by atoms with Gasteiger partial charge in [0, 0.05) is 12.2 Å². The van der Waals surface area contributed by atoms with Gasteiger partial charge in [-0.2, -0.15) is 0 Å². The maximum absolute atomic E-state index is 12.8. The third kappa shape index (κ3) is 2.70. The highest BCUT2D eigenvalue weighted by molar-refractivity contribution is 5.96. The van der Waals surface area contributed by atoms with E-state index in [1.807, 2.05) is 6.92 Å². The number of hydrogen-bond donors (Lipinski definition) is 1. The van der Waals surface area contributed by atoms with Crippen LogP contribution in [0, 0.1) is 23.2 Å². The Morgan fingerprint density at radius 3 is 2.50 bits per heavy atom. The standard InChI is InChI=1S/C20H28N2O2/c1-3-24-19-17(5-4-6-21-19)18(23)22-13(2)20-10-14-7-15(11-20)9-16(8-14)12-20/h4-6,13-16H,3,7-12H2,1-2H3,(H,22,23). The summed E-state index contributed by atoms with van der Waals surface area (Å²) in [7, 11) is 0. The van der Waals surface area contributed by atoms with Gasteiger partial charge in [-0.3, -0.25) is 4.79 Å². The molecule has 1 atom stereocenters. The minimum atomic E-state index is -0.0465. The molecule has 1 unspecified atom stereocenters. The van der Waals surface area contributed by atoms with Crippen LogP contribution in [0.15, 0.2) is 18.3 Å². The Labute approximate surface area is 144 Å². The second-order valence-corrected chi connectivity index (χ2v) is 8.26. The van der Waals surface area contributed by atoms with Crippen LogP contribution in [0.25, 0.3) is 0 Å². The van der Waals surface area contributed by atoms with Crippen molar-refractivity contribution >= 4 is 5.91 Å². The average molecular weight is 328 g/mol. The summed E-state index contributed by atoms with van der Waals surface area (Å²) in [5, 5.41) is 3.29. The summed E-state index contributed by atoms with van der Waals surface area (Å²) in [5.74, 6) is 3.08. The van der Waals surface area contributed by atoms with Crippen LogP contribution in [-0.2, 0) is 0 Å². The molecule has 4 nitrogen and oxygen atoms in total. The van der Waals surface area contributed by atoms with E-state index >= 15 is 0 Å². The number of aromatic nitrogens is 1. The Bertz CT molecular complexity index is 593. The van der Waals surface area contributed by atoms with E-state index in [0.717, 1.165) is 17.8 Å². The molecule has 1 aromatic rings. The summed E-state index contributed by atoms with van der Waals surface area (Å²) < 4.78 is 5.52. The van der Waals surface area contributed by atoms with Crippen LogP contribution in [0.4, 0.5) is 0 Å². The number of amides is 1. The highest BCUT2D eigenvalue weighted by Crippen LogP contribution is 2.61. The molecule has 1 N–H and O–H groups in total. The fraction of sp³-hybridized carbons (Fsp3) is 0.700. The zero-order valence-corrected chi connectivity index (χ0v) is 14.8. The quantitative estimate of drug-likeness (QED) is 0.894. The summed E-state index contributed by atoms with van der Waals surface area (Å²) in [5.41, 5.74) is 0.870. The van der Waals surface area contributed by atoms with Gasteiger partial charge in [-0.1, -0.05) is 0 Å². The van der Waals surface area contributed by atoms with E-state index in [1.54, 1.807) is 18.3 Å². The molecule has 4 aliphatic rings. The number of nitrogens with zero attached hydrogens (tertiary/aromatic N) is 1. The third-order valence-electron chi connectivity index (χ3n) is 6.65. The van der Waals surface area contributed by atoms with Crippen LogP contribution in [-0.4, -0.2) is 23.5 Å². The normalized spacial score (nSPS) is 34.8. The first-order chi connectivity index (χ1) is 11.6. The topological polar surface area (TPSA) is 51.2 Å². The molecule has 4 aliphatic carbocycles. The highest BCUT2D eigenvalue weighted by atomic mass is 16.5. The molecule has 24 heavy (non-hydrogen) atoms. The SMILES string of the molecule is CCOc1ncccc1C(=O)NC(C)C12CC3CC(CC(C3)C1)C2. The third-order valence-corrected chi connectivity index (χ3v) is 6.65. The lowest BCUT2D eigenvalue weighted by atomic mass is 9.48. The molecule has 4 bridgehead atoms. The molecule has 4 heteroatoms. The fourth-order valence-corrected chi connectivity index (χ4v) is 5.95. The first-order valence-electron chi connectivity index (χ1n) is 9.48. The predicted octanol–water partition coefficient (Wildman–Crippen LogP) is 3.82. The van der Waals surface area contributed by atoms with Gasteiger partial charge in [-0.25, -0.2) is 4.98 Å². The Balaban J connectivity index is 1.50. The lowest BCUT2D eigenvalue weighted by molar-refractivity contribution is -0.0688. The van der Waals surface area contributed by atoms with Crippen LogP contribution in [0.5, 0.6) is 5.88 Å². The maximum Gasteiger partial charge on any atom is 0.256 e. The van der Waals surface area contributed by atoms with Gasteiger partial charge in [-0.05, 0) is 87.7 Å². The largest absolute Gasteiger partial charge is 0.477 e. The van der Waals surface area contributed by atoms with Gasteiger partial charge in [0.05, 0.1) is 6.61 Å². The van der Waals surface area contributed by atoms with Crippen LogP contribution in [0.1, 0.15) is 62.7 Å². The van der Waals surface area contributed by atoms with Gasteiger partial charge in [0.25, 0.3) is 5.91 Å². The summed E-state index contributed by atoms with van der Waals surface area (Å²) in [4.78, 5) is 17.0. The number of rotatable bonds is 5. The van der Waals surface area contributed by atoms with E-state index in [4.69, 9.17) is 4.74 Å². The van der Waals surface area contributed by atoms with E-state index in [-0.39, 0.29) is 11.9 Å². The Morgan fingerprint density at radius 2 is 1.92 bits per heavy atom. The lowest BCUT2D eigenvalue weighted by Crippen LogP contribution is -2.55. The first kappa shape index (κ1) is 15.9. The van der Waals surface area contributed by atoms with Crippen molar-refractivity contribution in [2.45, 2.75) is 58.4 Å². The number of hydrogen-bond acceptors (Lipinski definition) is 3. The smallest absolute Gasteiger partial charge is 0.256 e. The molecule has 1 amide bonds. The lowest BCUT2D eigenvalue weighted by Gasteiger charge is -2.59. The molecule has 0 aliphatic heterocycles. The van der Waals surface area contributed by atoms with Crippen LogP contribution in [0.3, 0.4) is 0 Å².